The van der Waals surface area contributed by atoms with E-state index in [-0.39, 0.29) is 17.6 Å². The van der Waals surface area contributed by atoms with Gasteiger partial charge in [-0.2, -0.15) is 0 Å². The van der Waals surface area contributed by atoms with Gasteiger partial charge in [0.1, 0.15) is 11.6 Å². The van der Waals surface area contributed by atoms with Gasteiger partial charge < -0.3 is 10.1 Å². The summed E-state index contributed by atoms with van der Waals surface area (Å²) < 4.78 is 5.32. The average molecular weight is 199 g/mol. The van der Waals surface area contributed by atoms with Crippen molar-refractivity contribution in [2.75, 3.05) is 0 Å². The lowest BCUT2D eigenvalue weighted by Gasteiger charge is -2.30. The van der Waals surface area contributed by atoms with Crippen molar-refractivity contribution >= 4 is 5.97 Å². The zero-order valence-electron chi connectivity index (χ0n) is 9.59. The molecule has 1 fully saturated rings. The highest BCUT2D eigenvalue weighted by Crippen LogP contribution is 2.16. The van der Waals surface area contributed by atoms with Gasteiger partial charge in [0.25, 0.3) is 0 Å². The van der Waals surface area contributed by atoms with Crippen LogP contribution < -0.4 is 5.32 Å². The van der Waals surface area contributed by atoms with E-state index < -0.39 is 0 Å². The van der Waals surface area contributed by atoms with Crippen LogP contribution in [0.15, 0.2) is 0 Å². The number of esters is 1. The van der Waals surface area contributed by atoms with Crippen LogP contribution in [0.2, 0.25) is 0 Å². The molecule has 3 heteroatoms. The van der Waals surface area contributed by atoms with Crippen LogP contribution in [0.5, 0.6) is 0 Å². The summed E-state index contributed by atoms with van der Waals surface area (Å²) in [5.74, 6) is -0.107. The molecule has 0 radical (unpaired) electrons. The fourth-order valence-electron chi connectivity index (χ4n) is 1.70. The summed E-state index contributed by atoms with van der Waals surface area (Å²) in [7, 11) is 0. The zero-order chi connectivity index (χ0) is 10.8. The number of hydrogen-bond donors (Lipinski definition) is 1. The molecular weight excluding hydrogens is 178 g/mol. The molecule has 2 atom stereocenters. The predicted octanol–water partition coefficient (Wildman–Crippen LogP) is 1.86. The van der Waals surface area contributed by atoms with Crippen molar-refractivity contribution in [3.8, 4) is 0 Å². The van der Waals surface area contributed by atoms with Crippen LogP contribution in [-0.4, -0.2) is 23.7 Å². The van der Waals surface area contributed by atoms with Gasteiger partial charge in [-0.15, -0.1) is 0 Å². The van der Waals surface area contributed by atoms with Gasteiger partial charge in [0, 0.05) is 6.04 Å². The fraction of sp³-hybridized carbons (Fsp3) is 0.909. The Hall–Kier alpha value is -0.570. The second-order valence-electron chi connectivity index (χ2n) is 5.08. The molecule has 1 rings (SSSR count). The Morgan fingerprint density at radius 2 is 2.00 bits per heavy atom. The van der Waals surface area contributed by atoms with Crippen LogP contribution in [0, 0.1) is 0 Å². The van der Waals surface area contributed by atoms with Gasteiger partial charge >= 0.3 is 5.97 Å². The fourth-order valence-corrected chi connectivity index (χ4v) is 1.70. The Bertz CT molecular complexity index is 208. The normalized spacial score (nSPS) is 28.6. The van der Waals surface area contributed by atoms with Gasteiger partial charge in [0.15, 0.2) is 0 Å². The smallest absolute Gasteiger partial charge is 0.323 e. The number of nitrogens with one attached hydrogen (secondary N) is 1. The molecule has 1 aliphatic rings. The summed E-state index contributed by atoms with van der Waals surface area (Å²) in [4.78, 5) is 11.7. The van der Waals surface area contributed by atoms with Crippen molar-refractivity contribution in [2.45, 2.75) is 64.6 Å². The second-order valence-corrected chi connectivity index (χ2v) is 5.08. The van der Waals surface area contributed by atoms with E-state index >= 15 is 0 Å². The molecule has 0 aromatic rings. The lowest BCUT2D eigenvalue weighted by Crippen LogP contribution is -2.47. The lowest BCUT2D eigenvalue weighted by molar-refractivity contribution is -0.158. The highest BCUT2D eigenvalue weighted by atomic mass is 16.6. The molecule has 0 aromatic heterocycles. The minimum atomic E-state index is -0.376. The number of piperidine rings is 1. The van der Waals surface area contributed by atoms with E-state index in [0.29, 0.717) is 6.04 Å². The maximum atomic E-state index is 11.7. The molecule has 0 spiro atoms. The number of rotatable bonds is 1. The van der Waals surface area contributed by atoms with Crippen LogP contribution in [0.3, 0.4) is 0 Å². The van der Waals surface area contributed by atoms with Gasteiger partial charge in [-0.3, -0.25) is 4.79 Å². The molecule has 1 N–H and O–H groups in total. The van der Waals surface area contributed by atoms with Crippen molar-refractivity contribution in [1.29, 1.82) is 0 Å². The molecule has 0 unspecified atom stereocenters. The van der Waals surface area contributed by atoms with Crippen molar-refractivity contribution in [3.63, 3.8) is 0 Å². The van der Waals surface area contributed by atoms with E-state index in [0.717, 1.165) is 19.3 Å². The lowest BCUT2D eigenvalue weighted by atomic mass is 9.99. The van der Waals surface area contributed by atoms with Gasteiger partial charge in [-0.25, -0.2) is 0 Å². The third kappa shape index (κ3) is 3.66. The van der Waals surface area contributed by atoms with E-state index in [2.05, 4.69) is 12.2 Å². The Labute approximate surface area is 86.2 Å². The Balaban J connectivity index is 2.44. The molecular formula is C11H21NO2. The second kappa shape index (κ2) is 4.30. The molecule has 14 heavy (non-hydrogen) atoms. The summed E-state index contributed by atoms with van der Waals surface area (Å²) in [5, 5.41) is 3.26. The van der Waals surface area contributed by atoms with E-state index in [9.17, 15) is 4.79 Å². The standard InChI is InChI=1S/C11H21NO2/c1-8-6-5-7-9(12-8)10(13)14-11(2,3)4/h8-9,12H,5-7H2,1-4H3/t8-,9+/m1/s1. The summed E-state index contributed by atoms with van der Waals surface area (Å²) in [5.41, 5.74) is -0.376. The largest absolute Gasteiger partial charge is 0.459 e. The number of carbonyl (C=O) groups excluding carboxylic acids is 1. The van der Waals surface area contributed by atoms with Gasteiger partial charge in [0.05, 0.1) is 0 Å². The van der Waals surface area contributed by atoms with Crippen LogP contribution in [0.25, 0.3) is 0 Å². The van der Waals surface area contributed by atoms with Gasteiger partial charge in [0.2, 0.25) is 0 Å². The molecule has 1 saturated heterocycles. The molecule has 1 heterocycles. The number of carbonyl (C=O) groups is 1. The summed E-state index contributed by atoms with van der Waals surface area (Å²) in [6, 6.07) is 0.333. The molecule has 0 aliphatic carbocycles. The SMILES string of the molecule is C[C@@H]1CCC[C@@H](C(=O)OC(C)(C)C)N1. The zero-order valence-corrected chi connectivity index (χ0v) is 9.59. The van der Waals surface area contributed by atoms with E-state index in [1.54, 1.807) is 0 Å². The van der Waals surface area contributed by atoms with E-state index in [1.165, 1.54) is 0 Å². The maximum Gasteiger partial charge on any atom is 0.323 e. The Morgan fingerprint density at radius 1 is 1.36 bits per heavy atom. The monoisotopic (exact) mass is 199 g/mol. The quantitative estimate of drug-likeness (QED) is 0.655. The Morgan fingerprint density at radius 3 is 2.50 bits per heavy atom. The van der Waals surface area contributed by atoms with Crippen LogP contribution >= 0.6 is 0 Å². The molecule has 3 nitrogen and oxygen atoms in total. The van der Waals surface area contributed by atoms with Crippen molar-refractivity contribution < 1.29 is 9.53 Å². The average Bonchev–Trinajstić information content (AvgIpc) is 2.01. The number of hydrogen-bond acceptors (Lipinski definition) is 3. The first kappa shape index (κ1) is 11.5. The minimum Gasteiger partial charge on any atom is -0.459 e. The molecule has 1 aliphatic heterocycles. The molecule has 0 bridgehead atoms. The van der Waals surface area contributed by atoms with Crippen molar-refractivity contribution in [1.82, 2.24) is 5.32 Å². The van der Waals surface area contributed by atoms with Crippen molar-refractivity contribution in [3.05, 3.63) is 0 Å². The molecule has 0 saturated carbocycles. The van der Waals surface area contributed by atoms with Crippen LogP contribution in [0.1, 0.15) is 47.0 Å². The first-order valence-electron chi connectivity index (χ1n) is 5.37. The topological polar surface area (TPSA) is 38.3 Å². The highest BCUT2D eigenvalue weighted by molar-refractivity contribution is 5.76. The highest BCUT2D eigenvalue weighted by Gasteiger charge is 2.28. The van der Waals surface area contributed by atoms with Crippen LogP contribution in [0.4, 0.5) is 0 Å². The third-order valence-electron chi connectivity index (χ3n) is 2.31. The first-order chi connectivity index (χ1) is 6.38. The molecule has 0 aromatic carbocycles. The van der Waals surface area contributed by atoms with Gasteiger partial charge in [-0.1, -0.05) is 0 Å². The maximum absolute atomic E-state index is 11.7. The molecule has 82 valence electrons. The summed E-state index contributed by atoms with van der Waals surface area (Å²) in [6.45, 7) is 7.81. The van der Waals surface area contributed by atoms with E-state index in [4.69, 9.17) is 4.74 Å². The third-order valence-corrected chi connectivity index (χ3v) is 2.31. The minimum absolute atomic E-state index is 0.0991. The Kier molecular flexibility index (Phi) is 3.53. The number of ether oxygens (including phenoxy) is 1. The van der Waals surface area contributed by atoms with E-state index in [1.807, 2.05) is 20.8 Å². The van der Waals surface area contributed by atoms with Crippen molar-refractivity contribution in [2.24, 2.45) is 0 Å². The van der Waals surface area contributed by atoms with Gasteiger partial charge in [-0.05, 0) is 47.0 Å². The summed E-state index contributed by atoms with van der Waals surface area (Å²) >= 11 is 0. The summed E-state index contributed by atoms with van der Waals surface area (Å²) in [6.07, 6.45) is 3.16. The van der Waals surface area contributed by atoms with Crippen LogP contribution in [-0.2, 0) is 9.53 Å². The predicted molar refractivity (Wildman–Crippen MR) is 56.1 cm³/mol. The first-order valence-corrected chi connectivity index (χ1v) is 5.37. The molecule has 0 amide bonds.